The molecule has 1 amide bonds. The second-order valence-corrected chi connectivity index (χ2v) is 7.09. The van der Waals surface area contributed by atoms with Gasteiger partial charge in [-0.25, -0.2) is 0 Å². The Hall–Kier alpha value is -2.60. The van der Waals surface area contributed by atoms with Crippen LogP contribution in [0.5, 0.6) is 0 Å². The lowest BCUT2D eigenvalue weighted by Crippen LogP contribution is -2.23. The first-order chi connectivity index (χ1) is 12.6. The van der Waals surface area contributed by atoms with Crippen LogP contribution >= 0.6 is 11.8 Å². The van der Waals surface area contributed by atoms with Crippen LogP contribution in [0.3, 0.4) is 0 Å². The molecule has 0 aliphatic carbocycles. The monoisotopic (exact) mass is 366 g/mol. The fourth-order valence-electron chi connectivity index (χ4n) is 2.60. The summed E-state index contributed by atoms with van der Waals surface area (Å²) >= 11 is 1.54. The third kappa shape index (κ3) is 4.52. The van der Waals surface area contributed by atoms with Crippen LogP contribution in [-0.2, 0) is 18.4 Å². The second-order valence-electron chi connectivity index (χ2n) is 6.03. The quantitative estimate of drug-likeness (QED) is 0.649. The van der Waals surface area contributed by atoms with Crippen LogP contribution in [-0.4, -0.2) is 26.4 Å². The zero-order chi connectivity index (χ0) is 18.4. The molecule has 134 valence electrons. The number of nitrogens with one attached hydrogen (secondary N) is 1. The van der Waals surface area contributed by atoms with Gasteiger partial charge in [0, 0.05) is 31.3 Å². The number of carbonyl (C=O) groups is 1. The number of carbonyl (C=O) groups excluding carboxylic acids is 1. The molecule has 26 heavy (non-hydrogen) atoms. The summed E-state index contributed by atoms with van der Waals surface area (Å²) < 4.78 is 1.96. The van der Waals surface area contributed by atoms with Crippen molar-refractivity contribution in [3.05, 3.63) is 65.7 Å². The first-order valence-corrected chi connectivity index (χ1v) is 9.52. The highest BCUT2D eigenvalue weighted by Gasteiger charge is 2.11. The molecule has 0 unspecified atom stereocenters. The highest BCUT2D eigenvalue weighted by atomic mass is 32.2. The third-order valence-corrected chi connectivity index (χ3v) is 5.19. The van der Waals surface area contributed by atoms with Gasteiger partial charge in [-0.1, -0.05) is 66.4 Å². The fraction of sp³-hybridized carbons (Fsp3) is 0.250. The van der Waals surface area contributed by atoms with Crippen LogP contribution in [0.15, 0.2) is 59.8 Å². The molecule has 0 atom stereocenters. The molecule has 1 N–H and O–H groups in total. The average molecular weight is 366 g/mol. The summed E-state index contributed by atoms with van der Waals surface area (Å²) in [5.74, 6) is 1.55. The number of benzene rings is 2. The number of rotatable bonds is 7. The minimum atomic E-state index is 0.0474. The zero-order valence-electron chi connectivity index (χ0n) is 15.0. The maximum absolute atomic E-state index is 12.1. The maximum atomic E-state index is 12.1. The van der Waals surface area contributed by atoms with E-state index in [2.05, 4.69) is 28.5 Å². The minimum Gasteiger partial charge on any atom is -0.352 e. The maximum Gasteiger partial charge on any atom is 0.221 e. The van der Waals surface area contributed by atoms with Gasteiger partial charge in [0.2, 0.25) is 5.91 Å². The highest BCUT2D eigenvalue weighted by Crippen LogP contribution is 2.22. The number of hydrogen-bond acceptors (Lipinski definition) is 4. The number of aromatic nitrogens is 3. The van der Waals surface area contributed by atoms with E-state index in [1.54, 1.807) is 11.8 Å². The molecule has 1 heterocycles. The van der Waals surface area contributed by atoms with Crippen molar-refractivity contribution in [1.82, 2.24) is 20.1 Å². The Labute approximate surface area is 157 Å². The first kappa shape index (κ1) is 18.2. The molecule has 6 heteroatoms. The van der Waals surface area contributed by atoms with Crippen molar-refractivity contribution in [1.29, 1.82) is 0 Å². The van der Waals surface area contributed by atoms with Crippen LogP contribution < -0.4 is 5.32 Å². The molecule has 0 aliphatic heterocycles. The van der Waals surface area contributed by atoms with E-state index in [0.717, 1.165) is 22.1 Å². The summed E-state index contributed by atoms with van der Waals surface area (Å²) in [7, 11) is 1.95. The van der Waals surface area contributed by atoms with Crippen LogP contribution in [0.4, 0.5) is 0 Å². The van der Waals surface area contributed by atoms with Gasteiger partial charge in [0.05, 0.1) is 0 Å². The van der Waals surface area contributed by atoms with Crippen LogP contribution in [0, 0.1) is 6.92 Å². The van der Waals surface area contributed by atoms with Crippen LogP contribution in [0.1, 0.15) is 17.5 Å². The fourth-order valence-corrected chi connectivity index (χ4v) is 3.45. The summed E-state index contributed by atoms with van der Waals surface area (Å²) in [4.78, 5) is 12.1. The largest absolute Gasteiger partial charge is 0.352 e. The predicted octanol–water partition coefficient (Wildman–Crippen LogP) is 3.59. The summed E-state index contributed by atoms with van der Waals surface area (Å²) in [6, 6.07) is 18.0. The van der Waals surface area contributed by atoms with E-state index >= 15 is 0 Å². The second kappa shape index (κ2) is 8.67. The van der Waals surface area contributed by atoms with E-state index in [1.165, 1.54) is 5.56 Å². The van der Waals surface area contributed by atoms with Gasteiger partial charge in [-0.3, -0.25) is 4.79 Å². The smallest absolute Gasteiger partial charge is 0.221 e. The third-order valence-electron chi connectivity index (χ3n) is 4.16. The Kier molecular flexibility index (Phi) is 6.07. The predicted molar refractivity (Wildman–Crippen MR) is 105 cm³/mol. The van der Waals surface area contributed by atoms with Crippen LogP contribution in [0.25, 0.3) is 11.4 Å². The SMILES string of the molecule is Cc1ccccc1CNC(=O)CCSc1nnc(-c2ccccc2)n1C. The summed E-state index contributed by atoms with van der Waals surface area (Å²) in [5, 5.41) is 12.3. The molecule has 0 saturated carbocycles. The zero-order valence-corrected chi connectivity index (χ0v) is 15.8. The van der Waals surface area contributed by atoms with E-state index in [1.807, 2.05) is 60.1 Å². The molecule has 0 fully saturated rings. The van der Waals surface area contributed by atoms with Crippen molar-refractivity contribution in [3.8, 4) is 11.4 Å². The number of aryl methyl sites for hydroxylation is 1. The van der Waals surface area contributed by atoms with Gasteiger partial charge in [0.25, 0.3) is 0 Å². The van der Waals surface area contributed by atoms with Gasteiger partial charge in [-0.2, -0.15) is 0 Å². The van der Waals surface area contributed by atoms with Gasteiger partial charge in [-0.15, -0.1) is 10.2 Å². The van der Waals surface area contributed by atoms with Crippen molar-refractivity contribution < 1.29 is 4.79 Å². The molecule has 1 aromatic heterocycles. The van der Waals surface area contributed by atoms with Crippen LogP contribution in [0.2, 0.25) is 0 Å². The lowest BCUT2D eigenvalue weighted by molar-refractivity contribution is -0.120. The van der Waals surface area contributed by atoms with E-state index in [9.17, 15) is 4.79 Å². The molecule has 0 aliphatic rings. The summed E-state index contributed by atoms with van der Waals surface area (Å²) in [5.41, 5.74) is 3.37. The van der Waals surface area contributed by atoms with Crippen molar-refractivity contribution >= 4 is 17.7 Å². The molecule has 0 spiro atoms. The highest BCUT2D eigenvalue weighted by molar-refractivity contribution is 7.99. The molecular formula is C20H22N4OS. The molecular weight excluding hydrogens is 344 g/mol. The number of amides is 1. The lowest BCUT2D eigenvalue weighted by atomic mass is 10.1. The Balaban J connectivity index is 1.48. The van der Waals surface area contributed by atoms with Gasteiger partial charge in [0.1, 0.15) is 0 Å². The standard InChI is InChI=1S/C20H22N4OS/c1-15-8-6-7-11-17(15)14-21-18(25)12-13-26-20-23-22-19(24(20)2)16-9-4-3-5-10-16/h3-11H,12-14H2,1-2H3,(H,21,25). The molecule has 0 bridgehead atoms. The first-order valence-electron chi connectivity index (χ1n) is 8.54. The van der Waals surface area contributed by atoms with Gasteiger partial charge >= 0.3 is 0 Å². The Morgan fingerprint density at radius 1 is 1.08 bits per heavy atom. The molecule has 5 nitrogen and oxygen atoms in total. The van der Waals surface area contributed by atoms with E-state index in [0.29, 0.717) is 18.7 Å². The minimum absolute atomic E-state index is 0.0474. The molecule has 0 saturated heterocycles. The van der Waals surface area contributed by atoms with Gasteiger partial charge < -0.3 is 9.88 Å². The Morgan fingerprint density at radius 3 is 2.58 bits per heavy atom. The lowest BCUT2D eigenvalue weighted by Gasteiger charge is -2.08. The van der Waals surface area contributed by atoms with E-state index < -0.39 is 0 Å². The Bertz CT molecular complexity index is 877. The molecule has 3 rings (SSSR count). The normalized spacial score (nSPS) is 10.7. The van der Waals surface area contributed by atoms with Gasteiger partial charge in [0.15, 0.2) is 11.0 Å². The summed E-state index contributed by atoms with van der Waals surface area (Å²) in [6.45, 7) is 2.62. The van der Waals surface area contributed by atoms with E-state index in [4.69, 9.17) is 0 Å². The number of nitrogens with zero attached hydrogens (tertiary/aromatic N) is 3. The number of thioether (sulfide) groups is 1. The Morgan fingerprint density at radius 2 is 1.81 bits per heavy atom. The molecule has 3 aromatic rings. The van der Waals surface area contributed by atoms with Crippen molar-refractivity contribution in [2.24, 2.45) is 7.05 Å². The molecule has 2 aromatic carbocycles. The van der Waals surface area contributed by atoms with Crippen molar-refractivity contribution in [2.45, 2.75) is 25.0 Å². The van der Waals surface area contributed by atoms with E-state index in [-0.39, 0.29) is 5.91 Å². The molecule has 0 radical (unpaired) electrons. The van der Waals surface area contributed by atoms with Crippen molar-refractivity contribution in [3.63, 3.8) is 0 Å². The number of hydrogen-bond donors (Lipinski definition) is 1. The topological polar surface area (TPSA) is 59.8 Å². The van der Waals surface area contributed by atoms with Gasteiger partial charge in [-0.05, 0) is 18.1 Å². The summed E-state index contributed by atoms with van der Waals surface area (Å²) in [6.07, 6.45) is 0.448. The van der Waals surface area contributed by atoms with Crippen molar-refractivity contribution in [2.75, 3.05) is 5.75 Å². The average Bonchev–Trinajstić information content (AvgIpc) is 3.02.